The van der Waals surface area contributed by atoms with E-state index in [2.05, 4.69) is 41.4 Å². The zero-order chi connectivity index (χ0) is 18.2. The third-order valence-corrected chi connectivity index (χ3v) is 5.28. The molecule has 5 rings (SSSR count). The molecule has 4 aromatic rings. The van der Waals surface area contributed by atoms with E-state index in [-0.39, 0.29) is 5.91 Å². The highest BCUT2D eigenvalue weighted by atomic mass is 16.2. The molecule has 0 radical (unpaired) electrons. The first kappa shape index (κ1) is 15.8. The summed E-state index contributed by atoms with van der Waals surface area (Å²) in [5, 5.41) is 1.16. The molecule has 0 unspecified atom stereocenters. The summed E-state index contributed by atoms with van der Waals surface area (Å²) >= 11 is 0. The Morgan fingerprint density at radius 2 is 1.81 bits per heavy atom. The van der Waals surface area contributed by atoms with E-state index in [9.17, 15) is 4.79 Å². The molecular formula is C23H19N3O. The van der Waals surface area contributed by atoms with Gasteiger partial charge in [0.2, 0.25) is 5.91 Å². The van der Waals surface area contributed by atoms with E-state index in [1.807, 2.05) is 39.9 Å². The van der Waals surface area contributed by atoms with E-state index in [1.54, 1.807) is 12.4 Å². The molecule has 1 aliphatic heterocycles. The van der Waals surface area contributed by atoms with Crippen LogP contribution in [0.3, 0.4) is 0 Å². The fraction of sp³-hybridized carbons (Fsp3) is 0.130. The molecule has 0 spiro atoms. The van der Waals surface area contributed by atoms with Crippen molar-refractivity contribution in [1.82, 2.24) is 9.55 Å². The van der Waals surface area contributed by atoms with Gasteiger partial charge in [-0.3, -0.25) is 9.78 Å². The maximum absolute atomic E-state index is 13.0. The lowest BCUT2D eigenvalue weighted by molar-refractivity contribution is -0.119. The molecule has 27 heavy (non-hydrogen) atoms. The van der Waals surface area contributed by atoms with Crippen LogP contribution in [0.2, 0.25) is 0 Å². The van der Waals surface area contributed by atoms with Crippen molar-refractivity contribution in [2.75, 3.05) is 11.4 Å². The lowest BCUT2D eigenvalue weighted by Crippen LogP contribution is -2.32. The lowest BCUT2D eigenvalue weighted by Gasteiger charge is -2.18. The van der Waals surface area contributed by atoms with Crippen LogP contribution in [0.5, 0.6) is 0 Å². The van der Waals surface area contributed by atoms with Crippen LogP contribution in [-0.2, 0) is 17.8 Å². The second-order valence-electron chi connectivity index (χ2n) is 6.88. The zero-order valence-electron chi connectivity index (χ0n) is 14.9. The van der Waals surface area contributed by atoms with Gasteiger partial charge in [-0.25, -0.2) is 0 Å². The van der Waals surface area contributed by atoms with E-state index < -0.39 is 0 Å². The van der Waals surface area contributed by atoms with Crippen LogP contribution in [0.25, 0.3) is 22.0 Å². The number of carbonyl (C=O) groups is 1. The summed E-state index contributed by atoms with van der Waals surface area (Å²) in [6, 6.07) is 20.6. The van der Waals surface area contributed by atoms with E-state index in [0.29, 0.717) is 6.54 Å². The van der Waals surface area contributed by atoms with Gasteiger partial charge in [0.25, 0.3) is 0 Å². The summed E-state index contributed by atoms with van der Waals surface area (Å²) in [4.78, 5) is 19.0. The average Bonchev–Trinajstić information content (AvgIpc) is 3.32. The molecule has 0 aliphatic carbocycles. The number of amides is 1. The van der Waals surface area contributed by atoms with E-state index >= 15 is 0 Å². The van der Waals surface area contributed by atoms with Crippen LogP contribution in [0.15, 0.2) is 79.3 Å². The van der Waals surface area contributed by atoms with Crippen LogP contribution in [0, 0.1) is 0 Å². The van der Waals surface area contributed by atoms with Crippen LogP contribution >= 0.6 is 0 Å². The summed E-state index contributed by atoms with van der Waals surface area (Å²) in [5.41, 5.74) is 5.68. The number of nitrogens with zero attached hydrogens (tertiary/aromatic N) is 3. The van der Waals surface area contributed by atoms with Crippen molar-refractivity contribution in [2.45, 2.75) is 13.0 Å². The minimum atomic E-state index is 0.131. The van der Waals surface area contributed by atoms with Gasteiger partial charge in [0.15, 0.2) is 0 Å². The third-order valence-electron chi connectivity index (χ3n) is 5.28. The predicted molar refractivity (Wildman–Crippen MR) is 108 cm³/mol. The van der Waals surface area contributed by atoms with Crippen molar-refractivity contribution in [1.29, 1.82) is 0 Å². The summed E-state index contributed by atoms with van der Waals surface area (Å²) < 4.78 is 2.03. The molecule has 3 heterocycles. The minimum Gasteiger partial charge on any atom is -0.338 e. The first-order valence-corrected chi connectivity index (χ1v) is 9.17. The monoisotopic (exact) mass is 353 g/mol. The largest absolute Gasteiger partial charge is 0.338 e. The number of hydrogen-bond acceptors (Lipinski definition) is 2. The number of pyridine rings is 1. The Balaban J connectivity index is 1.41. The minimum absolute atomic E-state index is 0.131. The Kier molecular flexibility index (Phi) is 3.75. The molecule has 0 saturated carbocycles. The summed E-state index contributed by atoms with van der Waals surface area (Å²) in [7, 11) is 0. The molecule has 2 aromatic heterocycles. The number of benzene rings is 2. The third kappa shape index (κ3) is 2.79. The van der Waals surface area contributed by atoms with Gasteiger partial charge in [-0.2, -0.15) is 0 Å². The van der Waals surface area contributed by atoms with E-state index in [4.69, 9.17) is 0 Å². The molecule has 0 fully saturated rings. The number of carbonyl (C=O) groups excluding carboxylic acids is 1. The number of anilines is 1. The Labute approximate surface area is 157 Å². The number of aromatic nitrogens is 2. The highest BCUT2D eigenvalue weighted by Gasteiger charge is 2.25. The molecule has 1 aliphatic rings. The van der Waals surface area contributed by atoms with Crippen molar-refractivity contribution < 1.29 is 4.79 Å². The zero-order valence-corrected chi connectivity index (χ0v) is 14.9. The van der Waals surface area contributed by atoms with Crippen LogP contribution in [-0.4, -0.2) is 22.0 Å². The standard InChI is InChI=1S/C23H19N3O/c27-23(16-25-13-9-18-3-1-2-4-21(18)25)26-14-10-20-15-19(5-6-22(20)26)17-7-11-24-12-8-17/h1-9,11-13,15H,10,14,16H2. The van der Waals surface area contributed by atoms with Crippen molar-refractivity contribution in [3.05, 3.63) is 84.8 Å². The van der Waals surface area contributed by atoms with Crippen LogP contribution < -0.4 is 4.90 Å². The normalized spacial score (nSPS) is 13.1. The molecule has 132 valence electrons. The van der Waals surface area contributed by atoms with Gasteiger partial charge in [-0.15, -0.1) is 0 Å². The number of hydrogen-bond donors (Lipinski definition) is 0. The molecule has 0 N–H and O–H groups in total. The smallest absolute Gasteiger partial charge is 0.246 e. The van der Waals surface area contributed by atoms with Crippen molar-refractivity contribution in [3.63, 3.8) is 0 Å². The first-order chi connectivity index (χ1) is 13.3. The average molecular weight is 353 g/mol. The van der Waals surface area contributed by atoms with Gasteiger partial charge in [0, 0.05) is 36.3 Å². The topological polar surface area (TPSA) is 38.1 Å². The predicted octanol–water partition coefficient (Wildman–Crippen LogP) is 4.29. The molecule has 4 heteroatoms. The van der Waals surface area contributed by atoms with E-state index in [0.717, 1.165) is 35.1 Å². The Morgan fingerprint density at radius 3 is 2.70 bits per heavy atom. The van der Waals surface area contributed by atoms with Crippen LogP contribution in [0.1, 0.15) is 5.56 Å². The fourth-order valence-corrected chi connectivity index (χ4v) is 3.89. The van der Waals surface area contributed by atoms with Crippen molar-refractivity contribution >= 4 is 22.5 Å². The summed E-state index contributed by atoms with van der Waals surface area (Å²) in [6.45, 7) is 1.10. The highest BCUT2D eigenvalue weighted by Crippen LogP contribution is 2.32. The molecule has 1 amide bonds. The van der Waals surface area contributed by atoms with Gasteiger partial charge in [0.1, 0.15) is 6.54 Å². The number of fused-ring (bicyclic) bond motifs is 2. The second-order valence-corrected chi connectivity index (χ2v) is 6.88. The van der Waals surface area contributed by atoms with Crippen molar-refractivity contribution in [3.8, 4) is 11.1 Å². The number of rotatable bonds is 3. The van der Waals surface area contributed by atoms with Gasteiger partial charge in [-0.1, -0.05) is 24.3 Å². The van der Waals surface area contributed by atoms with E-state index in [1.165, 1.54) is 11.1 Å². The SMILES string of the molecule is O=C(Cn1ccc2ccccc21)N1CCc2cc(-c3ccncc3)ccc21. The summed E-state index contributed by atoms with van der Waals surface area (Å²) in [6.07, 6.45) is 6.50. The Hall–Kier alpha value is -3.40. The van der Waals surface area contributed by atoms with Gasteiger partial charge in [0.05, 0.1) is 0 Å². The fourth-order valence-electron chi connectivity index (χ4n) is 3.89. The second kappa shape index (κ2) is 6.40. The highest BCUT2D eigenvalue weighted by molar-refractivity contribution is 5.96. The first-order valence-electron chi connectivity index (χ1n) is 9.17. The van der Waals surface area contributed by atoms with Gasteiger partial charge >= 0.3 is 0 Å². The molecular weight excluding hydrogens is 334 g/mol. The molecule has 0 bridgehead atoms. The van der Waals surface area contributed by atoms with Crippen molar-refractivity contribution in [2.24, 2.45) is 0 Å². The number of para-hydroxylation sites is 1. The maximum atomic E-state index is 13.0. The Bertz CT molecular complexity index is 1130. The Morgan fingerprint density at radius 1 is 0.963 bits per heavy atom. The quantitative estimate of drug-likeness (QED) is 0.551. The molecule has 2 aromatic carbocycles. The molecule has 0 saturated heterocycles. The van der Waals surface area contributed by atoms with Gasteiger partial charge in [-0.05, 0) is 64.9 Å². The molecule has 4 nitrogen and oxygen atoms in total. The lowest BCUT2D eigenvalue weighted by atomic mass is 10.0. The maximum Gasteiger partial charge on any atom is 0.246 e. The molecule has 0 atom stereocenters. The van der Waals surface area contributed by atoms with Crippen LogP contribution in [0.4, 0.5) is 5.69 Å². The summed E-state index contributed by atoms with van der Waals surface area (Å²) in [5.74, 6) is 0.131. The van der Waals surface area contributed by atoms with Gasteiger partial charge < -0.3 is 9.47 Å².